The Kier molecular flexibility index (Phi) is 10.0. The molecule has 2 unspecified atom stereocenters. The average Bonchev–Trinajstić information content (AvgIpc) is 2.86. The molecule has 0 spiro atoms. The molecule has 0 aliphatic carbocycles. The molecular weight excluding hydrogens is 509 g/mol. The molecule has 8 nitrogen and oxygen atoms in total. The van der Waals surface area contributed by atoms with Gasteiger partial charge in [-0.1, -0.05) is 48.4 Å². The zero-order valence-electron chi connectivity index (χ0n) is 20.0. The molecule has 1 fully saturated rings. The summed E-state index contributed by atoms with van der Waals surface area (Å²) in [6.45, 7) is -0.617. The van der Waals surface area contributed by atoms with Gasteiger partial charge in [0.2, 0.25) is 11.8 Å². The first-order valence-electron chi connectivity index (χ1n) is 11.7. The van der Waals surface area contributed by atoms with Crippen molar-refractivity contribution in [3.63, 3.8) is 0 Å². The minimum atomic E-state index is -4.50. The molecule has 3 rings (SSSR count). The van der Waals surface area contributed by atoms with E-state index in [2.05, 4.69) is 16.6 Å². The quantitative estimate of drug-likeness (QED) is 0.357. The van der Waals surface area contributed by atoms with Crippen LogP contribution in [0, 0.1) is 18.3 Å². The lowest BCUT2D eigenvalue weighted by Gasteiger charge is -2.40. The fraction of sp³-hybridized carbons (Fsp3) is 0.440. The van der Waals surface area contributed by atoms with Crippen LogP contribution in [0.15, 0.2) is 42.5 Å². The number of carbonyl (C=O) groups excluding carboxylic acids is 2. The zero-order chi connectivity index (χ0) is 27.0. The largest absolute Gasteiger partial charge is 0.760 e. The molecule has 200 valence electrons. The summed E-state index contributed by atoms with van der Waals surface area (Å²) in [5.41, 5.74) is 0.189. The number of terminal acetylenes is 1. The molecule has 37 heavy (non-hydrogen) atoms. The smallest absolute Gasteiger partial charge is 0.408 e. The Morgan fingerprint density at radius 1 is 1.14 bits per heavy atom. The number of fused-ring (bicyclic) bond motifs is 1. The molecule has 1 aliphatic heterocycles. The number of piperidine rings is 1. The van der Waals surface area contributed by atoms with Gasteiger partial charge < -0.3 is 15.2 Å². The highest BCUT2D eigenvalue weighted by atomic mass is 32.2. The zero-order valence-corrected chi connectivity index (χ0v) is 20.8. The van der Waals surface area contributed by atoms with Gasteiger partial charge in [0.15, 0.2) is 0 Å². The van der Waals surface area contributed by atoms with Gasteiger partial charge in [-0.2, -0.15) is 13.2 Å². The van der Waals surface area contributed by atoms with Crippen molar-refractivity contribution in [3.05, 3.63) is 48.0 Å². The van der Waals surface area contributed by atoms with Crippen molar-refractivity contribution >= 4 is 33.9 Å². The van der Waals surface area contributed by atoms with Crippen LogP contribution in [0.4, 0.5) is 13.2 Å². The number of nitrogens with one attached hydrogen (secondary N) is 2. The Bertz CT molecular complexity index is 1160. The lowest BCUT2D eigenvalue weighted by atomic mass is 9.92. The highest BCUT2D eigenvalue weighted by molar-refractivity contribution is 7.76. The number of rotatable bonds is 10. The third kappa shape index (κ3) is 8.00. The number of halogens is 3. The van der Waals surface area contributed by atoms with Crippen LogP contribution in [0.25, 0.3) is 10.8 Å². The number of likely N-dealkylation sites (tertiary alicyclic amines) is 1. The molecule has 1 heterocycles. The normalized spacial score (nSPS) is 16.8. The molecule has 2 amide bonds. The number of amides is 2. The summed E-state index contributed by atoms with van der Waals surface area (Å²) < 4.78 is 67.1. The van der Waals surface area contributed by atoms with Crippen molar-refractivity contribution in [2.45, 2.75) is 25.1 Å². The van der Waals surface area contributed by atoms with Crippen molar-refractivity contribution in [2.75, 3.05) is 39.3 Å². The van der Waals surface area contributed by atoms with Crippen LogP contribution in [0.5, 0.6) is 0 Å². The van der Waals surface area contributed by atoms with Crippen LogP contribution in [0.2, 0.25) is 0 Å². The predicted molar refractivity (Wildman–Crippen MR) is 132 cm³/mol. The van der Waals surface area contributed by atoms with Gasteiger partial charge in [0.05, 0.1) is 19.6 Å². The summed E-state index contributed by atoms with van der Waals surface area (Å²) in [6, 6.07) is 10.1. The van der Waals surface area contributed by atoms with Crippen molar-refractivity contribution in [3.8, 4) is 12.3 Å². The first-order valence-corrected chi connectivity index (χ1v) is 12.7. The third-order valence-corrected chi connectivity index (χ3v) is 6.97. The third-order valence-electron chi connectivity index (χ3n) is 6.27. The van der Waals surface area contributed by atoms with Gasteiger partial charge in [0.1, 0.15) is 6.04 Å². The van der Waals surface area contributed by atoms with Gasteiger partial charge in [-0.3, -0.25) is 18.7 Å². The van der Waals surface area contributed by atoms with Crippen LogP contribution in [0.1, 0.15) is 24.4 Å². The summed E-state index contributed by atoms with van der Waals surface area (Å²) >= 11 is -2.72. The molecule has 0 saturated carbocycles. The second-order valence-electron chi connectivity index (χ2n) is 8.79. The highest BCUT2D eigenvalue weighted by Gasteiger charge is 2.46. The summed E-state index contributed by atoms with van der Waals surface area (Å²) in [5, 5.41) is 5.95. The monoisotopic (exact) mass is 537 g/mol. The van der Waals surface area contributed by atoms with Gasteiger partial charge in [-0.25, -0.2) is 4.31 Å². The molecular formula is C25H28F3N4O4S-. The summed E-state index contributed by atoms with van der Waals surface area (Å²) in [5.74, 6) is 0.803. The first kappa shape index (κ1) is 28.6. The van der Waals surface area contributed by atoms with E-state index in [0.29, 0.717) is 18.2 Å². The minimum absolute atomic E-state index is 0.000203. The van der Waals surface area contributed by atoms with Crippen LogP contribution < -0.4 is 10.6 Å². The summed E-state index contributed by atoms with van der Waals surface area (Å²) in [6.07, 6.45) is 1.21. The van der Waals surface area contributed by atoms with Gasteiger partial charge in [0, 0.05) is 17.8 Å². The number of hydrogen-bond acceptors (Lipinski definition) is 5. The maximum atomic E-state index is 14.3. The SMILES string of the molecule is C#CCNC(=O)CNC(=O)CN(CC1CCN(C(c2cccc3ccccc23)C(F)(F)F)CC1)S(=O)[O-]. The van der Waals surface area contributed by atoms with Gasteiger partial charge >= 0.3 is 6.18 Å². The summed E-state index contributed by atoms with van der Waals surface area (Å²) in [7, 11) is 0. The maximum Gasteiger partial charge on any atom is 0.408 e. The number of nitrogens with zero attached hydrogens (tertiary/aromatic N) is 2. The molecule has 0 radical (unpaired) electrons. The molecule has 12 heteroatoms. The van der Waals surface area contributed by atoms with Crippen LogP contribution in [-0.2, 0) is 20.9 Å². The van der Waals surface area contributed by atoms with Crippen molar-refractivity contribution in [1.82, 2.24) is 19.8 Å². The van der Waals surface area contributed by atoms with E-state index in [9.17, 15) is 31.5 Å². The Morgan fingerprint density at radius 2 is 1.81 bits per heavy atom. The Labute approximate surface area is 216 Å². The number of benzene rings is 2. The van der Waals surface area contributed by atoms with Crippen molar-refractivity contribution in [1.29, 1.82) is 0 Å². The lowest BCUT2D eigenvalue weighted by Crippen LogP contribution is -2.47. The fourth-order valence-electron chi connectivity index (χ4n) is 4.54. The molecule has 1 saturated heterocycles. The topological polar surface area (TPSA) is 105 Å². The van der Waals surface area contributed by atoms with Crippen LogP contribution in [-0.4, -0.2) is 75.2 Å². The van der Waals surface area contributed by atoms with Gasteiger partial charge in [-0.15, -0.1) is 6.42 Å². The lowest BCUT2D eigenvalue weighted by molar-refractivity contribution is -0.189. The van der Waals surface area contributed by atoms with Crippen molar-refractivity contribution < 1.29 is 31.5 Å². The molecule has 0 bridgehead atoms. The molecule has 2 aromatic carbocycles. The second kappa shape index (κ2) is 13.0. The molecule has 1 aliphatic rings. The number of carbonyl (C=O) groups is 2. The van der Waals surface area contributed by atoms with E-state index in [4.69, 9.17) is 6.42 Å². The van der Waals surface area contributed by atoms with E-state index in [-0.39, 0.29) is 44.2 Å². The van der Waals surface area contributed by atoms with Crippen LogP contribution in [0.3, 0.4) is 0 Å². The Balaban J connectivity index is 1.61. The Hall–Kier alpha value is -2.98. The van der Waals surface area contributed by atoms with Crippen LogP contribution >= 0.6 is 0 Å². The van der Waals surface area contributed by atoms with Crippen molar-refractivity contribution in [2.24, 2.45) is 5.92 Å². The number of hydrogen-bond donors (Lipinski definition) is 2. The highest BCUT2D eigenvalue weighted by Crippen LogP contribution is 2.42. The number of alkyl halides is 3. The van der Waals surface area contributed by atoms with Gasteiger partial charge in [-0.05, 0) is 48.2 Å². The average molecular weight is 538 g/mol. The molecule has 2 atom stereocenters. The maximum absolute atomic E-state index is 14.3. The Morgan fingerprint density at radius 3 is 2.46 bits per heavy atom. The predicted octanol–water partition coefficient (Wildman–Crippen LogP) is 2.12. The first-order chi connectivity index (χ1) is 17.6. The fourth-order valence-corrected chi connectivity index (χ4v) is 5.09. The van der Waals surface area contributed by atoms with E-state index in [1.54, 1.807) is 36.4 Å². The van der Waals surface area contributed by atoms with E-state index in [0.717, 1.165) is 9.69 Å². The molecule has 0 aromatic heterocycles. The van der Waals surface area contributed by atoms with E-state index in [1.165, 1.54) is 11.0 Å². The van der Waals surface area contributed by atoms with E-state index < -0.39 is 41.8 Å². The van der Waals surface area contributed by atoms with E-state index in [1.807, 2.05) is 0 Å². The van der Waals surface area contributed by atoms with Gasteiger partial charge in [0.25, 0.3) is 0 Å². The van der Waals surface area contributed by atoms with E-state index >= 15 is 0 Å². The second-order valence-corrected chi connectivity index (χ2v) is 9.74. The summed E-state index contributed by atoms with van der Waals surface area (Å²) in [4.78, 5) is 25.0. The minimum Gasteiger partial charge on any atom is -0.760 e. The standard InChI is InChI=1S/C25H29F3N4O4S/c1-2-12-29-22(33)15-30-23(34)17-32(37(35)36)16-18-10-13-31(14-11-18)24(25(26,27)28)21-9-5-7-19-6-3-4-8-20(19)21/h1,3-9,18,24H,10-17H2,(H,29,33)(H,30,34)(H,35,36)/p-1. The molecule has 2 aromatic rings. The molecule has 2 N–H and O–H groups in total.